The molecule has 23 heteroatoms. The minimum atomic E-state index is -5.06. The van der Waals surface area contributed by atoms with Crippen LogP contribution in [0.3, 0.4) is 0 Å². The van der Waals surface area contributed by atoms with E-state index in [1.54, 1.807) is 56.4 Å². The number of benzene rings is 1. The molecule has 3 saturated heterocycles. The number of carbonyl (C=O) groups is 5. The predicted octanol–water partition coefficient (Wildman–Crippen LogP) is 5.85. The lowest BCUT2D eigenvalue weighted by atomic mass is 9.89. The van der Waals surface area contributed by atoms with Gasteiger partial charge in [0.1, 0.15) is 35.3 Å². The minimum Gasteiger partial charge on any atom is -0.480 e. The van der Waals surface area contributed by atoms with E-state index in [1.807, 2.05) is 30.5 Å². The Bertz CT molecular complexity index is 3350. The van der Waals surface area contributed by atoms with Crippen LogP contribution in [-0.4, -0.2) is 149 Å². The van der Waals surface area contributed by atoms with Gasteiger partial charge in [-0.15, -0.1) is 0 Å². The number of ether oxygens (including phenoxy) is 1. The number of carbonyl (C=O) groups excluding carboxylic acids is 5. The van der Waals surface area contributed by atoms with E-state index < -0.39 is 49.3 Å². The number of aromatic nitrogens is 4. The van der Waals surface area contributed by atoms with Gasteiger partial charge in [-0.2, -0.15) is 0 Å². The highest BCUT2D eigenvalue weighted by molar-refractivity contribution is 7.46. The van der Waals surface area contributed by atoms with Crippen LogP contribution in [-0.2, 0) is 43.7 Å². The number of pyridine rings is 3. The largest absolute Gasteiger partial charge is 0.480 e. The van der Waals surface area contributed by atoms with Crippen molar-refractivity contribution in [1.29, 1.82) is 0 Å². The van der Waals surface area contributed by atoms with Gasteiger partial charge in [0.25, 0.3) is 23.6 Å². The molecule has 79 heavy (non-hydrogen) atoms. The number of phosphoric ester groups is 1. The normalized spacial score (nSPS) is 21.4. The zero-order valence-electron chi connectivity index (χ0n) is 45.4. The molecule has 3 atom stereocenters. The summed E-state index contributed by atoms with van der Waals surface area (Å²) in [4.78, 5) is 111. The van der Waals surface area contributed by atoms with E-state index in [0.29, 0.717) is 69.6 Å². The second kappa shape index (κ2) is 20.2. The van der Waals surface area contributed by atoms with Gasteiger partial charge in [-0.3, -0.25) is 48.1 Å². The summed E-state index contributed by atoms with van der Waals surface area (Å²) in [5, 5.41) is 15.2. The first-order chi connectivity index (χ1) is 37.5. The molecule has 1 aliphatic carbocycles. The molecule has 22 nitrogen and oxygen atoms in total. The van der Waals surface area contributed by atoms with Crippen LogP contribution >= 0.6 is 7.82 Å². The van der Waals surface area contributed by atoms with E-state index >= 15 is 0 Å². The monoisotopic (exact) mass is 1100 g/mol. The van der Waals surface area contributed by atoms with Gasteiger partial charge in [0.05, 0.1) is 35.7 Å². The van der Waals surface area contributed by atoms with E-state index in [9.17, 15) is 43.4 Å². The van der Waals surface area contributed by atoms with Gasteiger partial charge in [0.2, 0.25) is 11.8 Å². The van der Waals surface area contributed by atoms with Gasteiger partial charge in [0, 0.05) is 99.2 Å². The van der Waals surface area contributed by atoms with Gasteiger partial charge in [-0.25, -0.2) is 19.5 Å². The highest BCUT2D eigenvalue weighted by Gasteiger charge is 2.49. The van der Waals surface area contributed by atoms with E-state index in [-0.39, 0.29) is 41.3 Å². The molecule has 0 saturated carbocycles. The number of aliphatic hydroxyl groups is 1. The summed E-state index contributed by atoms with van der Waals surface area (Å²) in [6, 6.07) is 14.0. The molecule has 11 rings (SSSR count). The first-order valence-corrected chi connectivity index (χ1v) is 28.4. The number of amides is 5. The van der Waals surface area contributed by atoms with E-state index in [4.69, 9.17) is 14.7 Å². The molecule has 5 aliphatic heterocycles. The predicted molar refractivity (Wildman–Crippen MR) is 292 cm³/mol. The second-order valence-corrected chi connectivity index (χ2v) is 24.1. The Labute approximate surface area is 457 Å². The van der Waals surface area contributed by atoms with Crippen LogP contribution in [0.15, 0.2) is 67.1 Å². The Morgan fingerprint density at radius 2 is 1.57 bits per heavy atom. The number of hydrogen-bond acceptors (Lipinski definition) is 16. The number of methoxy groups -OCH3 is 1. The summed E-state index contributed by atoms with van der Waals surface area (Å²) in [5.41, 5.74) is 6.42. The van der Waals surface area contributed by atoms with Crippen molar-refractivity contribution in [3.63, 3.8) is 0 Å². The van der Waals surface area contributed by atoms with Crippen LogP contribution in [0, 0.1) is 5.41 Å². The number of likely N-dealkylation sites (tertiary alicyclic amines) is 1. The summed E-state index contributed by atoms with van der Waals surface area (Å²) < 4.78 is 24.0. The van der Waals surface area contributed by atoms with Crippen LogP contribution in [0.25, 0.3) is 11.1 Å². The number of fused-ring (bicyclic) bond motifs is 4. The third kappa shape index (κ3) is 10.1. The van der Waals surface area contributed by atoms with Crippen molar-refractivity contribution in [1.82, 2.24) is 34.2 Å². The van der Waals surface area contributed by atoms with E-state index in [1.165, 1.54) is 11.3 Å². The zero-order chi connectivity index (χ0) is 56.0. The molecule has 0 spiro atoms. The Morgan fingerprint density at radius 3 is 2.27 bits per heavy atom. The van der Waals surface area contributed by atoms with Crippen molar-refractivity contribution < 1.29 is 52.7 Å². The van der Waals surface area contributed by atoms with Crippen molar-refractivity contribution in [3.8, 4) is 17.0 Å². The maximum Gasteiger partial charge on any atom is 0.471 e. The fraction of sp³-hybridized carbons (Fsp3) is 0.464. The first kappa shape index (κ1) is 53.9. The lowest BCUT2D eigenvalue weighted by molar-refractivity contribution is -0.161. The van der Waals surface area contributed by atoms with Crippen LogP contribution in [0.2, 0.25) is 0 Å². The summed E-state index contributed by atoms with van der Waals surface area (Å²) in [5.74, 6) is -1.80. The van der Waals surface area contributed by atoms with Crippen LogP contribution < -0.4 is 24.8 Å². The standard InChI is InChI=1S/C56H66N11O11P/c1-32-31-62(36-15-18-61(19-16-36)37-8-10-40-41(26-37)52(70)67(51(40)69)43-11-13-47(68)66(54(43)72)33(2)78-79(74,75)76)20-21-63(32)38-9-12-46(58-30-38)60-42-24-35(29-59-50(42)77-7)39-14-17-57-49(48(39)56(5,6)73)65-23-22-64-44(53(65)71)25-34-27-55(3,4)28-45(34)64/h8-10,12,14,17,24-26,29-30,32-33,36,43,73H,11,13,15-16,18-23,27-28,31H2,1-7H3,(H,58,60)(H2,74,75,76)/t32-,33?,43?/m0/s1. The molecular weight excluding hydrogens is 1030 g/mol. The molecule has 4 aromatic heterocycles. The Hall–Kier alpha value is -7.07. The molecule has 416 valence electrons. The number of nitrogens with zero attached hydrogens (tertiary/aromatic N) is 10. The number of hydrogen-bond donors (Lipinski definition) is 4. The first-order valence-electron chi connectivity index (χ1n) is 26.9. The summed E-state index contributed by atoms with van der Waals surface area (Å²) >= 11 is 0. The maximum atomic E-state index is 14.2. The number of anilines is 5. The molecule has 3 fully saturated rings. The molecule has 4 N–H and O–H groups in total. The number of piperazine rings is 1. The van der Waals surface area contributed by atoms with Gasteiger partial charge < -0.3 is 39.3 Å². The number of nitrogens with one attached hydrogen (secondary N) is 1. The van der Waals surface area contributed by atoms with Crippen LogP contribution in [0.5, 0.6) is 5.88 Å². The lowest BCUT2D eigenvalue weighted by Gasteiger charge is -2.46. The minimum absolute atomic E-state index is 0.119. The third-order valence-corrected chi connectivity index (χ3v) is 17.0. The molecule has 6 aliphatic rings. The molecule has 0 radical (unpaired) electrons. The second-order valence-electron chi connectivity index (χ2n) is 22.9. The number of phosphoric acid groups is 1. The highest BCUT2D eigenvalue weighted by Crippen LogP contribution is 2.44. The molecule has 5 aromatic rings. The number of rotatable bonds is 13. The van der Waals surface area contributed by atoms with Crippen molar-refractivity contribution in [3.05, 3.63) is 101 Å². The number of piperidine rings is 2. The summed E-state index contributed by atoms with van der Waals surface area (Å²) in [6.45, 7) is 16.3. The topological polar surface area (TPSA) is 257 Å². The third-order valence-electron chi connectivity index (χ3n) is 16.4. The summed E-state index contributed by atoms with van der Waals surface area (Å²) in [7, 11) is -3.51. The van der Waals surface area contributed by atoms with Gasteiger partial charge in [-0.1, -0.05) is 13.8 Å². The Balaban J connectivity index is 0.715. The van der Waals surface area contributed by atoms with Gasteiger partial charge in [-0.05, 0) is 125 Å². The highest BCUT2D eigenvalue weighted by atomic mass is 31.2. The van der Waals surface area contributed by atoms with Crippen molar-refractivity contribution in [2.45, 2.75) is 117 Å². The number of imide groups is 2. The molecule has 1 aromatic carbocycles. The van der Waals surface area contributed by atoms with E-state index in [2.05, 4.69) is 60.9 Å². The molecule has 2 unspecified atom stereocenters. The lowest BCUT2D eigenvalue weighted by Crippen LogP contribution is -2.58. The fourth-order valence-electron chi connectivity index (χ4n) is 12.8. The van der Waals surface area contributed by atoms with Gasteiger partial charge >= 0.3 is 7.82 Å². The van der Waals surface area contributed by atoms with Crippen LogP contribution in [0.1, 0.15) is 115 Å². The smallest absolute Gasteiger partial charge is 0.471 e. The molecule has 9 heterocycles. The Morgan fingerprint density at radius 1 is 0.823 bits per heavy atom. The van der Waals surface area contributed by atoms with Gasteiger partial charge in [0.15, 0.2) is 0 Å². The summed E-state index contributed by atoms with van der Waals surface area (Å²) in [6.07, 6.45) is 6.89. The fourth-order valence-corrected chi connectivity index (χ4v) is 13.3. The van der Waals surface area contributed by atoms with Crippen molar-refractivity contribution in [2.75, 3.05) is 66.4 Å². The average Bonchev–Trinajstić information content (AvgIpc) is 4.23. The van der Waals surface area contributed by atoms with Crippen molar-refractivity contribution in [2.24, 2.45) is 5.41 Å². The van der Waals surface area contributed by atoms with E-state index in [0.717, 1.165) is 81.6 Å². The molecule has 0 bridgehead atoms. The molecule has 5 amide bonds. The molecular formula is C56H66N11O11P. The van der Waals surface area contributed by atoms with Crippen molar-refractivity contribution >= 4 is 66.1 Å². The SMILES string of the molecule is COc1ncc(-c2ccnc(N3CCn4c(cc5c4CC(C)(C)C5)C3=O)c2C(C)(C)O)cc1Nc1ccc(N2CCN(C3CCN(c4ccc5c(c4)C(=O)N(C4CCC(=O)N(C(C)OP(=O)(O)O)C4=O)C5=O)CC3)C[C@@H]2C)cn1. The Kier molecular flexibility index (Phi) is 13.8. The maximum absolute atomic E-state index is 14.2. The average molecular weight is 1100 g/mol. The zero-order valence-corrected chi connectivity index (χ0v) is 46.3. The van der Waals surface area contributed by atoms with Crippen LogP contribution in [0.4, 0.5) is 28.7 Å². The quantitative estimate of drug-likeness (QED) is 0.0796.